The van der Waals surface area contributed by atoms with E-state index in [4.69, 9.17) is 4.74 Å². The average molecular weight is 282 g/mol. The monoisotopic (exact) mass is 282 g/mol. The van der Waals surface area contributed by atoms with Crippen LogP contribution in [-0.4, -0.2) is 26.1 Å². The van der Waals surface area contributed by atoms with E-state index in [1.807, 2.05) is 43.0 Å². The first kappa shape index (κ1) is 13.5. The third kappa shape index (κ3) is 3.56. The molecule has 0 bridgehead atoms. The van der Waals surface area contributed by atoms with Gasteiger partial charge in [0.1, 0.15) is 6.33 Å². The quantitative estimate of drug-likeness (QED) is 0.625. The van der Waals surface area contributed by atoms with E-state index in [2.05, 4.69) is 19.5 Å². The molecule has 0 aliphatic carbocycles. The maximum Gasteiger partial charge on any atom is 0.224 e. The molecular formula is C16H18N4O. The molecule has 0 radical (unpaired) electrons. The number of para-hydroxylation sites is 1. The summed E-state index contributed by atoms with van der Waals surface area (Å²) in [6.07, 6.45) is 10.5. The molecule has 0 unspecified atom stereocenters. The van der Waals surface area contributed by atoms with Gasteiger partial charge in [0.15, 0.2) is 0 Å². The minimum atomic E-state index is 0.676. The first-order chi connectivity index (χ1) is 10.4. The normalized spacial score (nSPS) is 10.9. The molecule has 2 aromatic heterocycles. The summed E-state index contributed by atoms with van der Waals surface area (Å²) in [6, 6.07) is 7.90. The second-order valence-electron chi connectivity index (χ2n) is 4.91. The van der Waals surface area contributed by atoms with E-state index >= 15 is 0 Å². The number of fused-ring (bicyclic) bond motifs is 1. The maximum absolute atomic E-state index is 5.79. The van der Waals surface area contributed by atoms with Crippen LogP contribution in [0, 0.1) is 0 Å². The summed E-state index contributed by atoms with van der Waals surface area (Å²) < 4.78 is 7.88. The van der Waals surface area contributed by atoms with E-state index in [0.717, 1.165) is 36.7 Å². The lowest BCUT2D eigenvalue weighted by molar-refractivity contribution is 0.296. The van der Waals surface area contributed by atoms with Crippen molar-refractivity contribution in [2.45, 2.75) is 25.8 Å². The van der Waals surface area contributed by atoms with Crippen LogP contribution in [0.5, 0.6) is 5.88 Å². The summed E-state index contributed by atoms with van der Waals surface area (Å²) in [5.74, 6) is 0.676. The number of hydrogen-bond donors (Lipinski definition) is 0. The molecule has 5 nitrogen and oxygen atoms in total. The summed E-state index contributed by atoms with van der Waals surface area (Å²) in [5.41, 5.74) is 0.919. The third-order valence-electron chi connectivity index (χ3n) is 3.36. The molecule has 0 atom stereocenters. The number of ether oxygens (including phenoxy) is 1. The molecule has 5 heteroatoms. The van der Waals surface area contributed by atoms with Gasteiger partial charge in [0.2, 0.25) is 5.88 Å². The summed E-state index contributed by atoms with van der Waals surface area (Å²) >= 11 is 0. The second kappa shape index (κ2) is 6.83. The lowest BCUT2D eigenvalue weighted by Crippen LogP contribution is -2.01. The van der Waals surface area contributed by atoms with E-state index in [-0.39, 0.29) is 0 Å². The number of nitrogens with zero attached hydrogens (tertiary/aromatic N) is 4. The van der Waals surface area contributed by atoms with Crippen LogP contribution in [0.2, 0.25) is 0 Å². The Bertz CT molecular complexity index is 676. The van der Waals surface area contributed by atoms with Crippen molar-refractivity contribution in [2.24, 2.45) is 0 Å². The smallest absolute Gasteiger partial charge is 0.224 e. The number of aryl methyl sites for hydroxylation is 1. The lowest BCUT2D eigenvalue weighted by atomic mass is 10.2. The van der Waals surface area contributed by atoms with Crippen molar-refractivity contribution in [1.29, 1.82) is 0 Å². The number of unbranched alkanes of at least 4 members (excludes halogenated alkanes) is 2. The molecule has 2 heterocycles. The van der Waals surface area contributed by atoms with Crippen molar-refractivity contribution in [3.8, 4) is 5.88 Å². The van der Waals surface area contributed by atoms with Gasteiger partial charge in [-0.2, -0.15) is 0 Å². The molecule has 0 amide bonds. The largest absolute Gasteiger partial charge is 0.477 e. The van der Waals surface area contributed by atoms with Gasteiger partial charge in [-0.15, -0.1) is 0 Å². The molecule has 3 rings (SSSR count). The molecule has 1 aromatic carbocycles. The molecule has 0 fully saturated rings. The molecule has 0 saturated heterocycles. The zero-order chi connectivity index (χ0) is 14.3. The topological polar surface area (TPSA) is 52.8 Å². The summed E-state index contributed by atoms with van der Waals surface area (Å²) in [4.78, 5) is 12.5. The fourth-order valence-corrected chi connectivity index (χ4v) is 2.26. The average Bonchev–Trinajstić information content (AvgIpc) is 3.04. The van der Waals surface area contributed by atoms with Crippen LogP contribution in [0.15, 0.2) is 49.3 Å². The molecule has 108 valence electrons. The fraction of sp³-hybridized carbons (Fsp3) is 0.312. The minimum absolute atomic E-state index is 0.676. The molecule has 0 spiro atoms. The van der Waals surface area contributed by atoms with Crippen LogP contribution >= 0.6 is 0 Å². The summed E-state index contributed by atoms with van der Waals surface area (Å²) in [6.45, 7) is 1.70. The second-order valence-corrected chi connectivity index (χ2v) is 4.91. The van der Waals surface area contributed by atoms with Gasteiger partial charge in [-0.1, -0.05) is 12.1 Å². The Morgan fingerprint density at radius 2 is 2.00 bits per heavy atom. The van der Waals surface area contributed by atoms with Crippen molar-refractivity contribution in [2.75, 3.05) is 6.61 Å². The first-order valence-electron chi connectivity index (χ1n) is 7.22. The molecule has 0 aliphatic heterocycles. The van der Waals surface area contributed by atoms with Crippen LogP contribution in [0.1, 0.15) is 19.3 Å². The first-order valence-corrected chi connectivity index (χ1v) is 7.22. The number of rotatable bonds is 7. The van der Waals surface area contributed by atoms with Crippen molar-refractivity contribution >= 4 is 10.9 Å². The highest BCUT2D eigenvalue weighted by Crippen LogP contribution is 2.20. The van der Waals surface area contributed by atoms with E-state index < -0.39 is 0 Å². The standard InChI is InChI=1S/C16H18N4O/c1(4-9-20-10-8-17-13-20)5-11-21-16-14-6-2-3-7-15(14)18-12-19-16/h2-3,6-8,10,12-13H,1,4-5,9,11H2. The Balaban J connectivity index is 1.44. The third-order valence-corrected chi connectivity index (χ3v) is 3.36. The highest BCUT2D eigenvalue weighted by atomic mass is 16.5. The molecule has 3 aromatic rings. The van der Waals surface area contributed by atoms with Gasteiger partial charge < -0.3 is 9.30 Å². The predicted molar refractivity (Wildman–Crippen MR) is 81.1 cm³/mol. The Kier molecular flexibility index (Phi) is 4.41. The molecular weight excluding hydrogens is 264 g/mol. The van der Waals surface area contributed by atoms with Crippen LogP contribution in [0.4, 0.5) is 0 Å². The number of hydrogen-bond acceptors (Lipinski definition) is 4. The van der Waals surface area contributed by atoms with Gasteiger partial charge >= 0.3 is 0 Å². The Labute approximate surface area is 123 Å². The van der Waals surface area contributed by atoms with Gasteiger partial charge in [0.25, 0.3) is 0 Å². The highest BCUT2D eigenvalue weighted by molar-refractivity contribution is 5.82. The van der Waals surface area contributed by atoms with Crippen LogP contribution in [0.25, 0.3) is 10.9 Å². The van der Waals surface area contributed by atoms with Crippen molar-refractivity contribution in [1.82, 2.24) is 19.5 Å². The number of benzene rings is 1. The van der Waals surface area contributed by atoms with Gasteiger partial charge in [-0.05, 0) is 31.4 Å². The van der Waals surface area contributed by atoms with E-state index in [1.54, 1.807) is 6.33 Å². The lowest BCUT2D eigenvalue weighted by Gasteiger charge is -2.07. The Hall–Kier alpha value is -2.43. The maximum atomic E-state index is 5.79. The van der Waals surface area contributed by atoms with Gasteiger partial charge in [0.05, 0.1) is 23.8 Å². The van der Waals surface area contributed by atoms with Crippen molar-refractivity contribution in [3.05, 3.63) is 49.3 Å². The van der Waals surface area contributed by atoms with Crippen molar-refractivity contribution in [3.63, 3.8) is 0 Å². The van der Waals surface area contributed by atoms with Gasteiger partial charge in [-0.3, -0.25) is 0 Å². The Morgan fingerprint density at radius 1 is 1.05 bits per heavy atom. The summed E-state index contributed by atoms with van der Waals surface area (Å²) in [5, 5.41) is 0.971. The molecule has 21 heavy (non-hydrogen) atoms. The molecule has 0 N–H and O–H groups in total. The fourth-order valence-electron chi connectivity index (χ4n) is 2.26. The zero-order valence-corrected chi connectivity index (χ0v) is 11.9. The predicted octanol–water partition coefficient (Wildman–Crippen LogP) is 3.08. The van der Waals surface area contributed by atoms with E-state index in [1.165, 1.54) is 0 Å². The van der Waals surface area contributed by atoms with Crippen LogP contribution in [0.3, 0.4) is 0 Å². The summed E-state index contributed by atoms with van der Waals surface area (Å²) in [7, 11) is 0. The van der Waals surface area contributed by atoms with Gasteiger partial charge in [0, 0.05) is 18.9 Å². The molecule has 0 aliphatic rings. The van der Waals surface area contributed by atoms with Crippen LogP contribution in [-0.2, 0) is 6.54 Å². The van der Waals surface area contributed by atoms with E-state index in [9.17, 15) is 0 Å². The Morgan fingerprint density at radius 3 is 2.90 bits per heavy atom. The van der Waals surface area contributed by atoms with E-state index in [0.29, 0.717) is 12.5 Å². The van der Waals surface area contributed by atoms with Gasteiger partial charge in [-0.25, -0.2) is 15.0 Å². The highest BCUT2D eigenvalue weighted by Gasteiger charge is 2.03. The SMILES string of the molecule is c1ccc2c(OCCCCCn3ccnc3)ncnc2c1. The molecule has 0 saturated carbocycles. The number of aromatic nitrogens is 4. The van der Waals surface area contributed by atoms with Crippen molar-refractivity contribution < 1.29 is 4.74 Å². The van der Waals surface area contributed by atoms with Crippen LogP contribution < -0.4 is 4.74 Å². The number of imidazole rings is 1. The minimum Gasteiger partial charge on any atom is -0.477 e. The zero-order valence-electron chi connectivity index (χ0n) is 11.9.